The van der Waals surface area contributed by atoms with Crippen molar-refractivity contribution in [2.24, 2.45) is 0 Å². The van der Waals surface area contributed by atoms with Gasteiger partial charge in [-0.05, 0) is 23.3 Å². The molecule has 0 saturated heterocycles. The zero-order chi connectivity index (χ0) is 14.8. The normalized spacial score (nSPS) is 17.9. The monoisotopic (exact) mass is 346 g/mol. The molecule has 108 valence electrons. The molecule has 0 aliphatic carbocycles. The predicted octanol–water partition coefficient (Wildman–Crippen LogP) is 4.01. The van der Waals surface area contributed by atoms with E-state index in [1.807, 2.05) is 48.5 Å². The third-order valence-electron chi connectivity index (χ3n) is 3.79. The highest BCUT2D eigenvalue weighted by Gasteiger charge is 2.30. The Labute approximate surface area is 131 Å². The predicted molar refractivity (Wildman–Crippen MR) is 83.7 cm³/mol. The molecule has 1 N–H and O–H groups in total. The molecule has 2 atom stereocenters. The Morgan fingerprint density at radius 2 is 1.95 bits per heavy atom. The van der Waals surface area contributed by atoms with E-state index in [1.165, 1.54) is 0 Å². The first-order valence-corrected chi connectivity index (χ1v) is 7.66. The lowest BCUT2D eigenvalue weighted by molar-refractivity contribution is -0.139. The second kappa shape index (κ2) is 5.90. The van der Waals surface area contributed by atoms with Gasteiger partial charge in [0.05, 0.1) is 5.92 Å². The van der Waals surface area contributed by atoms with Crippen molar-refractivity contribution in [1.82, 2.24) is 0 Å². The van der Waals surface area contributed by atoms with Gasteiger partial charge in [-0.2, -0.15) is 0 Å². The van der Waals surface area contributed by atoms with Crippen LogP contribution in [-0.2, 0) is 11.2 Å². The summed E-state index contributed by atoms with van der Waals surface area (Å²) in [7, 11) is 0. The van der Waals surface area contributed by atoms with Crippen LogP contribution >= 0.6 is 15.9 Å². The zero-order valence-corrected chi connectivity index (χ0v) is 12.9. The number of halogens is 1. The van der Waals surface area contributed by atoms with E-state index in [0.29, 0.717) is 6.42 Å². The fourth-order valence-electron chi connectivity index (χ4n) is 2.77. The molecule has 4 heteroatoms. The van der Waals surface area contributed by atoms with Crippen molar-refractivity contribution in [1.29, 1.82) is 0 Å². The van der Waals surface area contributed by atoms with Gasteiger partial charge in [0, 0.05) is 17.3 Å². The van der Waals surface area contributed by atoms with Gasteiger partial charge < -0.3 is 9.84 Å². The third-order valence-corrected chi connectivity index (χ3v) is 4.51. The highest BCUT2D eigenvalue weighted by atomic mass is 79.9. The Morgan fingerprint density at radius 3 is 2.67 bits per heavy atom. The van der Waals surface area contributed by atoms with Crippen LogP contribution in [0.4, 0.5) is 0 Å². The van der Waals surface area contributed by atoms with Crippen LogP contribution in [-0.4, -0.2) is 17.2 Å². The van der Waals surface area contributed by atoms with E-state index in [2.05, 4.69) is 15.9 Å². The van der Waals surface area contributed by atoms with Gasteiger partial charge >= 0.3 is 5.97 Å². The third kappa shape index (κ3) is 2.95. The lowest BCUT2D eigenvalue weighted by atomic mass is 9.92. The van der Waals surface area contributed by atoms with E-state index < -0.39 is 11.9 Å². The molecule has 2 aromatic carbocycles. The lowest BCUT2D eigenvalue weighted by Gasteiger charge is -2.18. The number of para-hydroxylation sites is 1. The summed E-state index contributed by atoms with van der Waals surface area (Å²) in [4.78, 5) is 11.6. The summed E-state index contributed by atoms with van der Waals surface area (Å²) in [5.41, 5.74) is 1.95. The maximum atomic E-state index is 11.6. The van der Waals surface area contributed by atoms with Crippen LogP contribution in [0.3, 0.4) is 0 Å². The minimum atomic E-state index is -0.818. The van der Waals surface area contributed by atoms with Crippen molar-refractivity contribution in [3.8, 4) is 5.75 Å². The standard InChI is InChI=1S/C17H15BrO3/c18-15-7-3-2-6-13(15)14(17(19)20)10-12-9-11-5-1-4-8-16(11)21-12/h1-8,12,14H,9-10H2,(H,19,20). The molecule has 1 aliphatic heterocycles. The number of hydrogen-bond acceptors (Lipinski definition) is 2. The number of carbonyl (C=O) groups is 1. The first-order chi connectivity index (χ1) is 10.1. The Morgan fingerprint density at radius 1 is 1.24 bits per heavy atom. The first-order valence-electron chi connectivity index (χ1n) is 6.87. The number of carboxylic acids is 1. The number of benzene rings is 2. The van der Waals surface area contributed by atoms with Gasteiger partial charge in [0.1, 0.15) is 11.9 Å². The summed E-state index contributed by atoms with van der Waals surface area (Å²) < 4.78 is 6.70. The minimum absolute atomic E-state index is 0.0874. The van der Waals surface area contributed by atoms with Gasteiger partial charge in [0.25, 0.3) is 0 Å². The Kier molecular flexibility index (Phi) is 3.97. The number of carboxylic acid groups (broad SMARTS) is 1. The first kappa shape index (κ1) is 14.1. The second-order valence-electron chi connectivity index (χ2n) is 5.20. The van der Waals surface area contributed by atoms with Gasteiger partial charge in [-0.25, -0.2) is 0 Å². The fourth-order valence-corrected chi connectivity index (χ4v) is 3.33. The maximum Gasteiger partial charge on any atom is 0.311 e. The van der Waals surface area contributed by atoms with E-state index >= 15 is 0 Å². The molecule has 0 saturated carbocycles. The zero-order valence-electron chi connectivity index (χ0n) is 11.3. The van der Waals surface area contributed by atoms with Crippen LogP contribution in [0.5, 0.6) is 5.75 Å². The molecule has 0 bridgehead atoms. The summed E-state index contributed by atoms with van der Waals surface area (Å²) in [5.74, 6) is -0.514. The molecule has 2 aromatic rings. The quantitative estimate of drug-likeness (QED) is 0.909. The lowest BCUT2D eigenvalue weighted by Crippen LogP contribution is -2.22. The minimum Gasteiger partial charge on any atom is -0.490 e. The van der Waals surface area contributed by atoms with E-state index in [-0.39, 0.29) is 6.10 Å². The van der Waals surface area contributed by atoms with Crippen LogP contribution in [0.15, 0.2) is 53.0 Å². The van der Waals surface area contributed by atoms with E-state index in [0.717, 1.165) is 27.8 Å². The molecular formula is C17H15BrO3. The largest absolute Gasteiger partial charge is 0.490 e. The highest BCUT2D eigenvalue weighted by molar-refractivity contribution is 9.10. The molecule has 21 heavy (non-hydrogen) atoms. The molecule has 0 fully saturated rings. The smallest absolute Gasteiger partial charge is 0.311 e. The molecule has 0 aromatic heterocycles. The summed E-state index contributed by atoms with van der Waals surface area (Å²) in [6.45, 7) is 0. The SMILES string of the molecule is O=C(O)C(CC1Cc2ccccc2O1)c1ccccc1Br. The van der Waals surface area contributed by atoms with Crippen LogP contribution in [0.1, 0.15) is 23.5 Å². The number of rotatable bonds is 4. The molecule has 0 amide bonds. The molecular weight excluding hydrogens is 332 g/mol. The Balaban J connectivity index is 1.79. The van der Waals surface area contributed by atoms with Gasteiger partial charge in [-0.15, -0.1) is 0 Å². The molecule has 3 nitrogen and oxygen atoms in total. The molecule has 0 radical (unpaired) electrons. The fraction of sp³-hybridized carbons (Fsp3) is 0.235. The average Bonchev–Trinajstić information content (AvgIpc) is 2.88. The number of ether oxygens (including phenoxy) is 1. The van der Waals surface area contributed by atoms with Crippen LogP contribution in [0.25, 0.3) is 0 Å². The van der Waals surface area contributed by atoms with Gasteiger partial charge in [-0.3, -0.25) is 4.79 Å². The van der Waals surface area contributed by atoms with Crippen molar-refractivity contribution >= 4 is 21.9 Å². The number of fused-ring (bicyclic) bond motifs is 1. The van der Waals surface area contributed by atoms with Crippen molar-refractivity contribution in [3.05, 3.63) is 64.1 Å². The molecule has 3 rings (SSSR count). The molecule has 0 spiro atoms. The van der Waals surface area contributed by atoms with E-state index in [9.17, 15) is 9.90 Å². The van der Waals surface area contributed by atoms with Crippen molar-refractivity contribution < 1.29 is 14.6 Å². The number of hydrogen-bond donors (Lipinski definition) is 1. The summed E-state index contributed by atoms with van der Waals surface area (Å²) >= 11 is 3.44. The van der Waals surface area contributed by atoms with Gasteiger partial charge in [-0.1, -0.05) is 52.3 Å². The Bertz CT molecular complexity index is 644. The van der Waals surface area contributed by atoms with Crippen molar-refractivity contribution in [2.45, 2.75) is 24.9 Å². The summed E-state index contributed by atoms with van der Waals surface area (Å²) in [6.07, 6.45) is 1.15. The van der Waals surface area contributed by atoms with E-state index in [4.69, 9.17) is 4.74 Å². The molecule has 1 aliphatic rings. The maximum absolute atomic E-state index is 11.6. The van der Waals surface area contributed by atoms with Crippen molar-refractivity contribution in [3.63, 3.8) is 0 Å². The highest BCUT2D eigenvalue weighted by Crippen LogP contribution is 2.35. The van der Waals surface area contributed by atoms with Gasteiger partial charge in [0.15, 0.2) is 0 Å². The molecule has 2 unspecified atom stereocenters. The summed E-state index contributed by atoms with van der Waals surface area (Å²) in [6, 6.07) is 15.3. The molecule has 1 heterocycles. The second-order valence-corrected chi connectivity index (χ2v) is 6.05. The van der Waals surface area contributed by atoms with Crippen LogP contribution < -0.4 is 4.74 Å². The number of aliphatic carboxylic acids is 1. The van der Waals surface area contributed by atoms with Gasteiger partial charge in [0.2, 0.25) is 0 Å². The summed E-state index contributed by atoms with van der Waals surface area (Å²) in [5, 5.41) is 9.55. The topological polar surface area (TPSA) is 46.5 Å². The van der Waals surface area contributed by atoms with E-state index in [1.54, 1.807) is 0 Å². The van der Waals surface area contributed by atoms with Crippen LogP contribution in [0, 0.1) is 0 Å². The van der Waals surface area contributed by atoms with Crippen LogP contribution in [0.2, 0.25) is 0 Å². The average molecular weight is 347 g/mol. The Hall–Kier alpha value is -1.81. The van der Waals surface area contributed by atoms with Crippen molar-refractivity contribution in [2.75, 3.05) is 0 Å².